The van der Waals surface area contributed by atoms with Crippen molar-refractivity contribution in [2.75, 3.05) is 11.9 Å². The van der Waals surface area contributed by atoms with E-state index < -0.39 is 45.8 Å². The number of hydrazine groups is 1. The molecule has 0 spiro atoms. The fraction of sp³-hybridized carbons (Fsp3) is 0.250. The monoisotopic (exact) mass is 606 g/mol. The van der Waals surface area contributed by atoms with Crippen LogP contribution < -0.4 is 21.5 Å². The maximum Gasteiger partial charge on any atom is 0.405 e. The minimum Gasteiger partial charge on any atom is -0.352 e. The maximum atomic E-state index is 12.9. The summed E-state index contributed by atoms with van der Waals surface area (Å²) in [4.78, 5) is 25.3. The number of nitrogens with one attached hydrogen (secondary N) is 4. The van der Waals surface area contributed by atoms with Crippen LogP contribution in [0, 0.1) is 5.92 Å². The summed E-state index contributed by atoms with van der Waals surface area (Å²) >= 11 is 35.5. The van der Waals surface area contributed by atoms with E-state index in [1.807, 2.05) is 5.32 Å². The number of hydrogen-bond acceptors (Lipinski definition) is 3. The summed E-state index contributed by atoms with van der Waals surface area (Å²) in [6.07, 6.45) is -4.49. The van der Waals surface area contributed by atoms with E-state index in [9.17, 15) is 22.8 Å². The van der Waals surface area contributed by atoms with E-state index in [1.165, 1.54) is 24.3 Å². The molecule has 2 atom stereocenters. The number of hydrogen-bond donors (Lipinski definition) is 4. The normalized spacial score (nSPS) is 18.4. The molecular weight excluding hydrogens is 595 g/mol. The van der Waals surface area contributed by atoms with Crippen LogP contribution in [0.25, 0.3) is 0 Å². The van der Waals surface area contributed by atoms with E-state index in [2.05, 4.69) is 28.4 Å². The van der Waals surface area contributed by atoms with Crippen molar-refractivity contribution in [3.8, 4) is 0 Å². The average molecular weight is 609 g/mol. The molecule has 0 bridgehead atoms. The molecule has 1 aliphatic rings. The van der Waals surface area contributed by atoms with Gasteiger partial charge < -0.3 is 10.6 Å². The Morgan fingerprint density at radius 2 is 1.63 bits per heavy atom. The molecule has 0 aromatic heterocycles. The summed E-state index contributed by atoms with van der Waals surface area (Å²) in [6.45, 7) is -1.39. The standard InChI is InChI=1S/C20H14Cl5F3N4O2S/c21-9-3-8(4-10(22)5-9)14-15(20(14,24)25)17(34)30-11-1-2-13(23)12(6-11)16(33)31-32-18(35)29-7-19(26,27)28/h1-6,14-15H,7H2,(H,30,34)(H,31,33)(H2,29,32,35). The Bertz CT molecular complexity index is 1160. The first kappa shape index (κ1) is 27.9. The lowest BCUT2D eigenvalue weighted by Gasteiger charge is -2.14. The number of halogens is 8. The predicted molar refractivity (Wildman–Crippen MR) is 134 cm³/mol. The van der Waals surface area contributed by atoms with E-state index in [-0.39, 0.29) is 16.3 Å². The number of benzene rings is 2. The van der Waals surface area contributed by atoms with Crippen LogP contribution in [0.3, 0.4) is 0 Å². The molecule has 1 saturated carbocycles. The average Bonchev–Trinajstić information content (AvgIpc) is 3.32. The Labute approximate surface area is 227 Å². The summed E-state index contributed by atoms with van der Waals surface area (Å²) in [5, 5.41) is 4.77. The third kappa shape index (κ3) is 7.18. The Morgan fingerprint density at radius 1 is 1.00 bits per heavy atom. The van der Waals surface area contributed by atoms with Crippen LogP contribution in [0.15, 0.2) is 36.4 Å². The third-order valence-corrected chi connectivity index (χ3v) is 6.75. The first-order chi connectivity index (χ1) is 16.2. The molecule has 6 nitrogen and oxygen atoms in total. The van der Waals surface area contributed by atoms with E-state index in [0.29, 0.717) is 15.6 Å². The second-order valence-corrected chi connectivity index (χ2v) is 10.5. The van der Waals surface area contributed by atoms with Crippen molar-refractivity contribution in [3.63, 3.8) is 0 Å². The van der Waals surface area contributed by atoms with Crippen LogP contribution in [0.5, 0.6) is 0 Å². The van der Waals surface area contributed by atoms with Gasteiger partial charge in [-0.15, -0.1) is 23.2 Å². The highest BCUT2D eigenvalue weighted by atomic mass is 35.5. The second kappa shape index (κ2) is 10.7. The van der Waals surface area contributed by atoms with Gasteiger partial charge in [-0.25, -0.2) is 0 Å². The van der Waals surface area contributed by atoms with Gasteiger partial charge in [0.05, 0.1) is 16.5 Å². The maximum absolute atomic E-state index is 12.9. The highest BCUT2D eigenvalue weighted by Crippen LogP contribution is 2.65. The number of thiocarbonyl (C=S) groups is 1. The number of rotatable bonds is 5. The van der Waals surface area contributed by atoms with Crippen LogP contribution in [0.2, 0.25) is 15.1 Å². The second-order valence-electron chi connectivity index (χ2n) is 7.39. The molecule has 35 heavy (non-hydrogen) atoms. The number of anilines is 1. The van der Waals surface area contributed by atoms with Crippen molar-refractivity contribution in [1.29, 1.82) is 0 Å². The zero-order valence-corrected chi connectivity index (χ0v) is 21.7. The van der Waals surface area contributed by atoms with Crippen LogP contribution in [-0.4, -0.2) is 34.0 Å². The molecule has 0 saturated heterocycles. The van der Waals surface area contributed by atoms with Crippen LogP contribution in [0.1, 0.15) is 21.8 Å². The predicted octanol–water partition coefficient (Wildman–Crippen LogP) is 5.84. The molecule has 1 fully saturated rings. The Balaban J connectivity index is 1.66. The topological polar surface area (TPSA) is 82.3 Å². The first-order valence-electron chi connectivity index (χ1n) is 9.54. The summed E-state index contributed by atoms with van der Waals surface area (Å²) in [5.41, 5.74) is 4.94. The van der Waals surface area contributed by atoms with Gasteiger partial charge in [0, 0.05) is 21.7 Å². The molecule has 4 N–H and O–H groups in total. The van der Waals surface area contributed by atoms with Crippen molar-refractivity contribution in [2.24, 2.45) is 5.92 Å². The Hall–Kier alpha value is -1.69. The quantitative estimate of drug-likeness (QED) is 0.195. The molecule has 0 aliphatic heterocycles. The lowest BCUT2D eigenvalue weighted by atomic mass is 10.1. The van der Waals surface area contributed by atoms with E-state index in [4.69, 9.17) is 58.0 Å². The van der Waals surface area contributed by atoms with Gasteiger partial charge in [-0.2, -0.15) is 13.2 Å². The lowest BCUT2D eigenvalue weighted by molar-refractivity contribution is -0.122. The number of alkyl halides is 5. The molecule has 1 aliphatic carbocycles. The minimum absolute atomic E-state index is 0.0124. The molecular formula is C20H14Cl5F3N4O2S. The molecule has 2 aromatic carbocycles. The van der Waals surface area contributed by atoms with Crippen LogP contribution in [-0.2, 0) is 4.79 Å². The van der Waals surface area contributed by atoms with Crippen molar-refractivity contribution >= 4 is 92.8 Å². The zero-order valence-electron chi connectivity index (χ0n) is 17.1. The van der Waals surface area contributed by atoms with E-state index >= 15 is 0 Å². The SMILES string of the molecule is O=C(NNC(=S)NCC(F)(F)F)c1cc(NC(=O)C2C(c3cc(Cl)cc(Cl)c3)C2(Cl)Cl)ccc1Cl. The molecule has 15 heteroatoms. The fourth-order valence-electron chi connectivity index (χ4n) is 3.23. The molecule has 3 rings (SSSR count). The highest BCUT2D eigenvalue weighted by molar-refractivity contribution is 7.80. The van der Waals surface area contributed by atoms with Gasteiger partial charge in [0.15, 0.2) is 5.11 Å². The molecule has 2 amide bonds. The van der Waals surface area contributed by atoms with Crippen molar-refractivity contribution in [2.45, 2.75) is 16.4 Å². The van der Waals surface area contributed by atoms with Gasteiger partial charge in [0.25, 0.3) is 5.91 Å². The van der Waals surface area contributed by atoms with Gasteiger partial charge in [0.2, 0.25) is 5.91 Å². The van der Waals surface area contributed by atoms with Gasteiger partial charge >= 0.3 is 6.18 Å². The smallest absolute Gasteiger partial charge is 0.352 e. The van der Waals surface area contributed by atoms with Crippen LogP contribution >= 0.6 is 70.2 Å². The van der Waals surface area contributed by atoms with Gasteiger partial charge in [-0.1, -0.05) is 34.8 Å². The largest absolute Gasteiger partial charge is 0.405 e. The fourth-order valence-corrected chi connectivity index (χ4v) is 4.92. The van der Waals surface area contributed by atoms with Gasteiger partial charge in [0.1, 0.15) is 10.9 Å². The molecule has 2 aromatic rings. The summed E-state index contributed by atoms with van der Waals surface area (Å²) < 4.78 is 35.3. The van der Waals surface area contributed by atoms with E-state index in [0.717, 1.165) is 0 Å². The summed E-state index contributed by atoms with van der Waals surface area (Å²) in [7, 11) is 0. The Kier molecular flexibility index (Phi) is 8.56. The number of carbonyl (C=O) groups is 2. The number of amides is 2. The highest BCUT2D eigenvalue weighted by Gasteiger charge is 2.67. The van der Waals surface area contributed by atoms with Crippen LogP contribution in [0.4, 0.5) is 18.9 Å². The number of carbonyl (C=O) groups excluding carboxylic acids is 2. The molecule has 2 unspecified atom stereocenters. The van der Waals surface area contributed by atoms with Gasteiger partial charge in [-0.3, -0.25) is 20.4 Å². The van der Waals surface area contributed by atoms with Crippen molar-refractivity contribution < 1.29 is 22.8 Å². The first-order valence-corrected chi connectivity index (χ1v) is 11.8. The van der Waals surface area contributed by atoms with E-state index in [1.54, 1.807) is 12.1 Å². The third-order valence-electron chi connectivity index (χ3n) is 4.80. The molecule has 0 radical (unpaired) electrons. The summed E-state index contributed by atoms with van der Waals surface area (Å²) in [6, 6.07) is 8.80. The van der Waals surface area contributed by atoms with Crippen molar-refractivity contribution in [3.05, 3.63) is 62.6 Å². The summed E-state index contributed by atoms with van der Waals surface area (Å²) in [5.74, 6) is -2.76. The Morgan fingerprint density at radius 3 is 2.23 bits per heavy atom. The van der Waals surface area contributed by atoms with Crippen molar-refractivity contribution in [1.82, 2.24) is 16.2 Å². The van der Waals surface area contributed by atoms with Gasteiger partial charge in [-0.05, 0) is 54.2 Å². The minimum atomic E-state index is -4.49. The molecule has 0 heterocycles. The zero-order chi connectivity index (χ0) is 26.1. The molecule has 188 valence electrons. The lowest BCUT2D eigenvalue weighted by Crippen LogP contribution is -2.48.